The molecule has 0 saturated heterocycles. The van der Waals surface area contributed by atoms with Crippen molar-refractivity contribution in [3.63, 3.8) is 0 Å². The SMILES string of the molecule is CCSc1cc(C2C(C#N)=C(N)OC3=C2C(=O)CC(C)(C)C3)c(C)o1. The molecule has 2 N–H and O–H groups in total. The van der Waals surface area contributed by atoms with Crippen molar-refractivity contribution in [1.29, 1.82) is 5.26 Å². The average Bonchev–Trinajstić information content (AvgIpc) is 2.85. The second kappa shape index (κ2) is 6.30. The minimum absolute atomic E-state index is 0.0156. The molecule has 1 aliphatic heterocycles. The van der Waals surface area contributed by atoms with Crippen LogP contribution in [0.15, 0.2) is 38.4 Å². The first-order valence-electron chi connectivity index (χ1n) is 8.34. The van der Waals surface area contributed by atoms with E-state index < -0.39 is 5.92 Å². The maximum Gasteiger partial charge on any atom is 0.205 e. The molecule has 0 amide bonds. The summed E-state index contributed by atoms with van der Waals surface area (Å²) in [5.74, 6) is 1.77. The molecule has 1 aromatic heterocycles. The van der Waals surface area contributed by atoms with E-state index in [1.54, 1.807) is 11.8 Å². The van der Waals surface area contributed by atoms with Crippen molar-refractivity contribution in [2.45, 2.75) is 51.5 Å². The fourth-order valence-electron chi connectivity index (χ4n) is 3.56. The van der Waals surface area contributed by atoms with E-state index in [0.29, 0.717) is 29.9 Å². The molecule has 0 saturated carbocycles. The van der Waals surface area contributed by atoms with Gasteiger partial charge in [0.05, 0.1) is 5.92 Å². The van der Waals surface area contributed by atoms with Crippen LogP contribution >= 0.6 is 11.8 Å². The lowest BCUT2D eigenvalue weighted by Crippen LogP contribution is -2.33. The highest BCUT2D eigenvalue weighted by molar-refractivity contribution is 7.99. The van der Waals surface area contributed by atoms with Crippen molar-refractivity contribution in [1.82, 2.24) is 0 Å². The molecule has 25 heavy (non-hydrogen) atoms. The predicted octanol–water partition coefficient (Wildman–Crippen LogP) is 4.15. The van der Waals surface area contributed by atoms with E-state index in [0.717, 1.165) is 16.4 Å². The zero-order valence-corrected chi connectivity index (χ0v) is 15.8. The molecule has 1 unspecified atom stereocenters. The van der Waals surface area contributed by atoms with Crippen LogP contribution in [0.4, 0.5) is 0 Å². The zero-order chi connectivity index (χ0) is 18.4. The van der Waals surface area contributed by atoms with E-state index in [-0.39, 0.29) is 22.7 Å². The van der Waals surface area contributed by atoms with Gasteiger partial charge in [-0.25, -0.2) is 0 Å². The first-order valence-corrected chi connectivity index (χ1v) is 9.33. The maximum atomic E-state index is 12.9. The van der Waals surface area contributed by atoms with Gasteiger partial charge in [-0.15, -0.1) is 0 Å². The molecule has 1 aliphatic carbocycles. The van der Waals surface area contributed by atoms with Crippen LogP contribution in [-0.2, 0) is 9.53 Å². The van der Waals surface area contributed by atoms with Gasteiger partial charge in [-0.2, -0.15) is 5.26 Å². The van der Waals surface area contributed by atoms with Crippen molar-refractivity contribution >= 4 is 17.5 Å². The molecule has 2 aliphatic rings. The van der Waals surface area contributed by atoms with E-state index in [1.165, 1.54) is 0 Å². The van der Waals surface area contributed by atoms with Crippen LogP contribution in [0, 0.1) is 23.7 Å². The van der Waals surface area contributed by atoms with E-state index in [9.17, 15) is 10.1 Å². The summed E-state index contributed by atoms with van der Waals surface area (Å²) in [6.45, 7) is 7.97. The minimum atomic E-state index is -0.507. The molecule has 0 spiro atoms. The second-order valence-corrected chi connectivity index (χ2v) is 8.48. The molecule has 5 nitrogen and oxygen atoms in total. The number of aryl methyl sites for hydroxylation is 1. The van der Waals surface area contributed by atoms with Gasteiger partial charge < -0.3 is 14.9 Å². The average molecular weight is 358 g/mol. The smallest absolute Gasteiger partial charge is 0.205 e. The van der Waals surface area contributed by atoms with E-state index in [1.807, 2.05) is 33.8 Å². The van der Waals surface area contributed by atoms with Crippen molar-refractivity contribution in [3.05, 3.63) is 40.2 Å². The van der Waals surface area contributed by atoms with Crippen LogP contribution in [0.5, 0.6) is 0 Å². The topological polar surface area (TPSA) is 89.3 Å². The molecule has 1 atom stereocenters. The lowest BCUT2D eigenvalue weighted by atomic mass is 9.70. The summed E-state index contributed by atoms with van der Waals surface area (Å²) in [5.41, 5.74) is 7.50. The van der Waals surface area contributed by atoms with Gasteiger partial charge in [0.25, 0.3) is 0 Å². The molecule has 3 rings (SSSR count). The van der Waals surface area contributed by atoms with Gasteiger partial charge in [0.15, 0.2) is 10.9 Å². The highest BCUT2D eigenvalue weighted by atomic mass is 32.2. The summed E-state index contributed by atoms with van der Waals surface area (Å²) in [6, 6.07) is 4.06. The zero-order valence-electron chi connectivity index (χ0n) is 14.9. The number of nitriles is 1. The number of carbonyl (C=O) groups excluding carboxylic acids is 1. The minimum Gasteiger partial charge on any atom is -0.455 e. The molecule has 2 heterocycles. The first-order chi connectivity index (χ1) is 11.8. The highest BCUT2D eigenvalue weighted by Gasteiger charge is 2.43. The van der Waals surface area contributed by atoms with Gasteiger partial charge in [0.2, 0.25) is 5.88 Å². The van der Waals surface area contributed by atoms with Gasteiger partial charge in [-0.3, -0.25) is 4.79 Å². The van der Waals surface area contributed by atoms with E-state index in [2.05, 4.69) is 6.07 Å². The Bertz CT molecular complexity index is 839. The summed E-state index contributed by atoms with van der Waals surface area (Å²) >= 11 is 1.58. The monoisotopic (exact) mass is 358 g/mol. The third kappa shape index (κ3) is 3.09. The van der Waals surface area contributed by atoms with Crippen molar-refractivity contribution < 1.29 is 13.9 Å². The van der Waals surface area contributed by atoms with Crippen molar-refractivity contribution in [3.8, 4) is 6.07 Å². The number of nitrogens with two attached hydrogens (primary N) is 1. The number of furan rings is 1. The van der Waals surface area contributed by atoms with Gasteiger partial charge in [0, 0.05) is 24.0 Å². The van der Waals surface area contributed by atoms with Crippen LogP contribution in [0.3, 0.4) is 0 Å². The summed E-state index contributed by atoms with van der Waals surface area (Å²) in [7, 11) is 0. The van der Waals surface area contributed by atoms with Crippen LogP contribution in [0.25, 0.3) is 0 Å². The fraction of sp³-hybridized carbons (Fsp3) is 0.474. The summed E-state index contributed by atoms with van der Waals surface area (Å²) in [6.07, 6.45) is 1.05. The molecule has 0 aromatic carbocycles. The quantitative estimate of drug-likeness (QED) is 0.816. The van der Waals surface area contributed by atoms with Gasteiger partial charge in [0.1, 0.15) is 23.2 Å². The Hall–Kier alpha value is -2.13. The maximum absolute atomic E-state index is 12.9. The summed E-state index contributed by atoms with van der Waals surface area (Å²) < 4.78 is 11.5. The van der Waals surface area contributed by atoms with Crippen LogP contribution < -0.4 is 5.73 Å². The lowest BCUT2D eigenvalue weighted by molar-refractivity contribution is -0.119. The summed E-state index contributed by atoms with van der Waals surface area (Å²) in [5, 5.41) is 10.4. The number of rotatable bonds is 3. The summed E-state index contributed by atoms with van der Waals surface area (Å²) in [4.78, 5) is 12.9. The Morgan fingerprint density at radius 3 is 2.80 bits per heavy atom. The number of hydrogen-bond acceptors (Lipinski definition) is 6. The number of nitrogens with zero attached hydrogens (tertiary/aromatic N) is 1. The Morgan fingerprint density at radius 1 is 1.44 bits per heavy atom. The Kier molecular flexibility index (Phi) is 4.46. The lowest BCUT2D eigenvalue weighted by Gasteiger charge is -2.37. The molecule has 1 aromatic rings. The van der Waals surface area contributed by atoms with Crippen molar-refractivity contribution in [2.75, 3.05) is 5.75 Å². The van der Waals surface area contributed by atoms with Gasteiger partial charge in [-0.1, -0.05) is 32.5 Å². The number of thioether (sulfide) groups is 1. The third-order valence-corrected chi connectivity index (χ3v) is 5.38. The van der Waals surface area contributed by atoms with E-state index in [4.69, 9.17) is 14.9 Å². The van der Waals surface area contributed by atoms with E-state index >= 15 is 0 Å². The normalized spacial score (nSPS) is 22.5. The Morgan fingerprint density at radius 2 is 2.16 bits per heavy atom. The van der Waals surface area contributed by atoms with Crippen molar-refractivity contribution in [2.24, 2.45) is 11.1 Å². The fourth-order valence-corrected chi connectivity index (χ4v) is 4.24. The highest BCUT2D eigenvalue weighted by Crippen LogP contribution is 2.49. The number of ether oxygens (including phenoxy) is 1. The number of allylic oxidation sites excluding steroid dienone is 3. The Labute approximate surface area is 151 Å². The predicted molar refractivity (Wildman–Crippen MR) is 95.5 cm³/mol. The van der Waals surface area contributed by atoms with Gasteiger partial charge in [-0.05, 0) is 24.2 Å². The third-order valence-electron chi connectivity index (χ3n) is 4.61. The number of ketones is 1. The molecule has 0 fully saturated rings. The molecule has 0 bridgehead atoms. The number of Topliss-reactive ketones (excluding diaryl/α,β-unsaturated/α-hetero) is 1. The van der Waals surface area contributed by atoms with Crippen LogP contribution in [0.1, 0.15) is 50.9 Å². The molecule has 0 radical (unpaired) electrons. The number of carbonyl (C=O) groups is 1. The number of hydrogen-bond donors (Lipinski definition) is 1. The molecule has 132 valence electrons. The van der Waals surface area contributed by atoms with Crippen LogP contribution in [-0.4, -0.2) is 11.5 Å². The largest absolute Gasteiger partial charge is 0.455 e. The first kappa shape index (κ1) is 17.7. The molecular formula is C19H22N2O3S. The Balaban J connectivity index is 2.16. The molecular weight excluding hydrogens is 336 g/mol. The van der Waals surface area contributed by atoms with Crippen LogP contribution in [0.2, 0.25) is 0 Å². The second-order valence-electron chi connectivity index (χ2n) is 7.21. The van der Waals surface area contributed by atoms with Gasteiger partial charge >= 0.3 is 0 Å². The standard InChI is InChI=1S/C19H22N2O3S/c1-5-25-15-6-11(10(2)23-15)16-12(9-20)18(21)24-14-8-19(3,4)7-13(22)17(14)16/h6,16H,5,7-8,21H2,1-4H3. The molecule has 6 heteroatoms.